The second-order valence-electron chi connectivity index (χ2n) is 5.07. The fraction of sp³-hybridized carbons (Fsp3) is 0.188. The van der Waals surface area contributed by atoms with Crippen molar-refractivity contribution in [1.82, 2.24) is 15.3 Å². The second kappa shape index (κ2) is 6.70. The Morgan fingerprint density at radius 3 is 2.83 bits per heavy atom. The van der Waals surface area contributed by atoms with E-state index in [1.54, 1.807) is 30.4 Å². The topological polar surface area (TPSA) is 58.1 Å². The number of amides is 1. The number of aromatic nitrogens is 2. The zero-order valence-corrected chi connectivity index (χ0v) is 13.3. The fourth-order valence-electron chi connectivity index (χ4n) is 2.11. The zero-order chi connectivity index (χ0) is 16.2. The molecule has 0 unspecified atom stereocenters. The van der Waals surface area contributed by atoms with E-state index in [0.29, 0.717) is 17.2 Å². The first-order valence-electron chi connectivity index (χ1n) is 7.05. The van der Waals surface area contributed by atoms with Gasteiger partial charge in [0, 0.05) is 26.0 Å². The lowest BCUT2D eigenvalue weighted by Gasteiger charge is -2.15. The Kier molecular flexibility index (Phi) is 4.47. The Hall–Kier alpha value is -2.54. The number of likely N-dealkylation sites (N-methyl/N-ethyl adjacent to an activating group) is 1. The number of halogens is 1. The van der Waals surface area contributed by atoms with Crippen molar-refractivity contribution in [2.75, 3.05) is 18.5 Å². The highest BCUT2D eigenvalue weighted by Crippen LogP contribution is 2.29. The maximum Gasteiger partial charge on any atom is 0.239 e. The number of carbonyl (C=O) groups is 1. The van der Waals surface area contributed by atoms with Gasteiger partial charge in [-0.15, -0.1) is 0 Å². The highest BCUT2D eigenvalue weighted by molar-refractivity contribution is 7.22. The summed E-state index contributed by atoms with van der Waals surface area (Å²) < 4.78 is 14.4. The Morgan fingerprint density at radius 1 is 1.30 bits per heavy atom. The Bertz CT molecular complexity index is 821. The highest BCUT2D eigenvalue weighted by atomic mass is 32.1. The minimum atomic E-state index is -0.347. The molecule has 1 amide bonds. The SMILES string of the molecule is CN(CC(=O)NCc1ccncc1)c1nc2c(F)cccc2s1. The van der Waals surface area contributed by atoms with Crippen molar-refractivity contribution in [3.05, 3.63) is 54.1 Å². The van der Waals surface area contributed by atoms with Gasteiger partial charge in [-0.3, -0.25) is 9.78 Å². The van der Waals surface area contributed by atoms with E-state index in [2.05, 4.69) is 15.3 Å². The normalized spacial score (nSPS) is 10.7. The monoisotopic (exact) mass is 330 g/mol. The summed E-state index contributed by atoms with van der Waals surface area (Å²) in [4.78, 5) is 21.9. The molecule has 5 nitrogen and oxygen atoms in total. The lowest BCUT2D eigenvalue weighted by molar-refractivity contribution is -0.119. The van der Waals surface area contributed by atoms with Gasteiger partial charge in [0.15, 0.2) is 5.13 Å². The molecular formula is C16H15FN4OS. The van der Waals surface area contributed by atoms with Gasteiger partial charge in [-0.1, -0.05) is 17.4 Å². The molecular weight excluding hydrogens is 315 g/mol. The summed E-state index contributed by atoms with van der Waals surface area (Å²) in [6, 6.07) is 8.55. The van der Waals surface area contributed by atoms with Crippen LogP contribution in [0.4, 0.5) is 9.52 Å². The predicted molar refractivity (Wildman–Crippen MR) is 88.9 cm³/mol. The molecule has 0 bridgehead atoms. The lowest BCUT2D eigenvalue weighted by atomic mass is 10.3. The molecule has 0 saturated heterocycles. The minimum Gasteiger partial charge on any atom is -0.350 e. The quantitative estimate of drug-likeness (QED) is 0.781. The van der Waals surface area contributed by atoms with E-state index in [4.69, 9.17) is 0 Å². The van der Waals surface area contributed by atoms with Crippen LogP contribution in [0.2, 0.25) is 0 Å². The van der Waals surface area contributed by atoms with Crippen molar-refractivity contribution < 1.29 is 9.18 Å². The first kappa shape index (κ1) is 15.4. The number of nitrogens with one attached hydrogen (secondary N) is 1. The summed E-state index contributed by atoms with van der Waals surface area (Å²) in [5.41, 5.74) is 1.33. The number of nitrogens with zero attached hydrogens (tertiary/aromatic N) is 3. The first-order chi connectivity index (χ1) is 11.1. The molecule has 0 saturated carbocycles. The van der Waals surface area contributed by atoms with Crippen LogP contribution in [0.25, 0.3) is 10.2 Å². The lowest BCUT2D eigenvalue weighted by Crippen LogP contribution is -2.34. The van der Waals surface area contributed by atoms with Crippen LogP contribution in [-0.2, 0) is 11.3 Å². The molecule has 3 aromatic rings. The van der Waals surface area contributed by atoms with Gasteiger partial charge < -0.3 is 10.2 Å². The van der Waals surface area contributed by atoms with Crippen LogP contribution in [0.15, 0.2) is 42.7 Å². The standard InChI is InChI=1S/C16H15FN4OS/c1-21(10-14(22)19-9-11-5-7-18-8-6-11)16-20-15-12(17)3-2-4-13(15)23-16/h2-8H,9-10H2,1H3,(H,19,22). The smallest absolute Gasteiger partial charge is 0.239 e. The highest BCUT2D eigenvalue weighted by Gasteiger charge is 2.13. The maximum atomic E-state index is 13.7. The average Bonchev–Trinajstić information content (AvgIpc) is 3.00. The predicted octanol–water partition coefficient (Wildman–Crippen LogP) is 2.58. The summed E-state index contributed by atoms with van der Waals surface area (Å²) in [5, 5.41) is 3.45. The maximum absolute atomic E-state index is 13.7. The summed E-state index contributed by atoms with van der Waals surface area (Å²) >= 11 is 1.36. The number of thiazole rings is 1. The van der Waals surface area contributed by atoms with Crippen molar-refractivity contribution in [3.8, 4) is 0 Å². The van der Waals surface area contributed by atoms with Crippen LogP contribution in [0, 0.1) is 5.82 Å². The fourth-order valence-corrected chi connectivity index (χ4v) is 3.05. The number of hydrogen-bond acceptors (Lipinski definition) is 5. The zero-order valence-electron chi connectivity index (χ0n) is 12.5. The van der Waals surface area contributed by atoms with Crippen molar-refractivity contribution in [1.29, 1.82) is 0 Å². The molecule has 1 N–H and O–H groups in total. The minimum absolute atomic E-state index is 0.121. The molecule has 0 spiro atoms. The Labute approximate surface area is 136 Å². The molecule has 0 aliphatic rings. The summed E-state index contributed by atoms with van der Waals surface area (Å²) in [6.45, 7) is 0.607. The summed E-state index contributed by atoms with van der Waals surface area (Å²) in [5.74, 6) is -0.468. The van der Waals surface area contributed by atoms with Gasteiger partial charge in [0.1, 0.15) is 11.3 Å². The van der Waals surface area contributed by atoms with E-state index in [-0.39, 0.29) is 18.3 Å². The molecule has 2 aromatic heterocycles. The number of anilines is 1. The van der Waals surface area contributed by atoms with Crippen molar-refractivity contribution in [3.63, 3.8) is 0 Å². The van der Waals surface area contributed by atoms with E-state index >= 15 is 0 Å². The number of hydrogen-bond donors (Lipinski definition) is 1. The number of rotatable bonds is 5. The third kappa shape index (κ3) is 3.62. The number of pyridine rings is 1. The van der Waals surface area contributed by atoms with Crippen molar-refractivity contribution >= 4 is 32.6 Å². The summed E-state index contributed by atoms with van der Waals surface area (Å²) in [7, 11) is 1.77. The third-order valence-electron chi connectivity index (χ3n) is 3.30. The van der Waals surface area contributed by atoms with E-state index in [9.17, 15) is 9.18 Å². The summed E-state index contributed by atoms with van der Waals surface area (Å²) in [6.07, 6.45) is 3.37. The Morgan fingerprint density at radius 2 is 2.09 bits per heavy atom. The molecule has 0 radical (unpaired) electrons. The van der Waals surface area contributed by atoms with Crippen LogP contribution in [0.1, 0.15) is 5.56 Å². The van der Waals surface area contributed by atoms with Gasteiger partial charge in [-0.2, -0.15) is 0 Å². The largest absolute Gasteiger partial charge is 0.350 e. The number of carbonyl (C=O) groups excluding carboxylic acids is 1. The first-order valence-corrected chi connectivity index (χ1v) is 7.87. The average molecular weight is 330 g/mol. The van der Waals surface area contributed by atoms with E-state index in [1.165, 1.54) is 17.4 Å². The van der Waals surface area contributed by atoms with Crippen LogP contribution >= 0.6 is 11.3 Å². The molecule has 0 aliphatic carbocycles. The molecule has 0 atom stereocenters. The Balaban J connectivity index is 1.62. The van der Waals surface area contributed by atoms with Crippen LogP contribution in [-0.4, -0.2) is 29.5 Å². The van der Waals surface area contributed by atoms with E-state index in [1.807, 2.05) is 18.2 Å². The van der Waals surface area contributed by atoms with Crippen molar-refractivity contribution in [2.24, 2.45) is 0 Å². The molecule has 3 rings (SSSR count). The molecule has 2 heterocycles. The van der Waals surface area contributed by atoms with Crippen LogP contribution in [0.5, 0.6) is 0 Å². The molecule has 7 heteroatoms. The van der Waals surface area contributed by atoms with Gasteiger partial charge in [-0.25, -0.2) is 9.37 Å². The molecule has 118 valence electrons. The van der Waals surface area contributed by atoms with Gasteiger partial charge >= 0.3 is 0 Å². The van der Waals surface area contributed by atoms with E-state index < -0.39 is 0 Å². The third-order valence-corrected chi connectivity index (χ3v) is 4.44. The van der Waals surface area contributed by atoms with Crippen molar-refractivity contribution in [2.45, 2.75) is 6.54 Å². The number of para-hydroxylation sites is 1. The number of benzene rings is 1. The van der Waals surface area contributed by atoms with E-state index in [0.717, 1.165) is 10.3 Å². The molecule has 23 heavy (non-hydrogen) atoms. The molecule has 0 aliphatic heterocycles. The van der Waals surface area contributed by atoms with Gasteiger partial charge in [-0.05, 0) is 29.8 Å². The van der Waals surface area contributed by atoms with Gasteiger partial charge in [0.2, 0.25) is 5.91 Å². The van der Waals surface area contributed by atoms with Crippen LogP contribution < -0.4 is 10.2 Å². The van der Waals surface area contributed by atoms with Crippen LogP contribution in [0.3, 0.4) is 0 Å². The molecule has 0 fully saturated rings. The molecule has 1 aromatic carbocycles. The second-order valence-corrected chi connectivity index (χ2v) is 6.08. The number of fused-ring (bicyclic) bond motifs is 1. The van der Waals surface area contributed by atoms with Gasteiger partial charge in [0.25, 0.3) is 0 Å². The van der Waals surface area contributed by atoms with Gasteiger partial charge in [0.05, 0.1) is 11.2 Å².